The van der Waals surface area contributed by atoms with E-state index in [1.807, 2.05) is 26.0 Å². The second-order valence-electron chi connectivity index (χ2n) is 7.62. The van der Waals surface area contributed by atoms with E-state index in [1.165, 1.54) is 12.1 Å². The van der Waals surface area contributed by atoms with Gasteiger partial charge in [0.25, 0.3) is 0 Å². The fourth-order valence-corrected chi connectivity index (χ4v) is 4.34. The van der Waals surface area contributed by atoms with Crippen molar-refractivity contribution >= 4 is 32.6 Å². The van der Waals surface area contributed by atoms with Crippen LogP contribution in [0.2, 0.25) is 0 Å². The molecular formula is C23H23BrFNO3. The summed E-state index contributed by atoms with van der Waals surface area (Å²) in [4.78, 5) is 12.9. The minimum absolute atomic E-state index is 0.0205. The maximum atomic E-state index is 13.4. The molecule has 1 unspecified atom stereocenters. The molecule has 29 heavy (non-hydrogen) atoms. The van der Waals surface area contributed by atoms with Crippen molar-refractivity contribution < 1.29 is 13.5 Å². The van der Waals surface area contributed by atoms with Gasteiger partial charge in [0.1, 0.15) is 17.2 Å². The molecule has 1 aliphatic rings. The number of aryl methyl sites for hydroxylation is 1. The second kappa shape index (κ2) is 8.28. The van der Waals surface area contributed by atoms with Crippen LogP contribution in [0.1, 0.15) is 48.6 Å². The van der Waals surface area contributed by atoms with E-state index < -0.39 is 0 Å². The molecule has 2 heterocycles. The lowest BCUT2D eigenvalue weighted by atomic mass is 9.95. The summed E-state index contributed by atoms with van der Waals surface area (Å²) in [6.45, 7) is 5.34. The molecule has 0 radical (unpaired) electrons. The Labute approximate surface area is 177 Å². The molecule has 1 aliphatic heterocycles. The van der Waals surface area contributed by atoms with E-state index in [9.17, 15) is 9.18 Å². The first kappa shape index (κ1) is 20.1. The van der Waals surface area contributed by atoms with E-state index in [1.54, 1.807) is 12.1 Å². The van der Waals surface area contributed by atoms with Gasteiger partial charge in [-0.3, -0.25) is 4.79 Å². The number of hydrogen-bond donors (Lipinski definition) is 1. The maximum absolute atomic E-state index is 13.4. The molecular weight excluding hydrogens is 437 g/mol. The number of halogens is 2. The van der Waals surface area contributed by atoms with Crippen molar-refractivity contribution in [3.05, 3.63) is 73.8 Å². The van der Waals surface area contributed by atoms with Gasteiger partial charge in [-0.25, -0.2) is 4.39 Å². The molecule has 0 saturated carbocycles. The summed E-state index contributed by atoms with van der Waals surface area (Å²) in [5.74, 6) is 0.624. The Morgan fingerprint density at radius 3 is 2.66 bits per heavy atom. The van der Waals surface area contributed by atoms with Crippen molar-refractivity contribution in [1.29, 1.82) is 0 Å². The first-order valence-corrected chi connectivity index (χ1v) is 10.6. The Balaban J connectivity index is 1.77. The van der Waals surface area contributed by atoms with Gasteiger partial charge in [0, 0.05) is 40.9 Å². The Hall–Kier alpha value is -2.18. The molecule has 152 valence electrons. The Kier molecular flexibility index (Phi) is 5.74. The van der Waals surface area contributed by atoms with Gasteiger partial charge >= 0.3 is 0 Å². The Morgan fingerprint density at radius 2 is 1.93 bits per heavy atom. The van der Waals surface area contributed by atoms with Crippen LogP contribution < -0.4 is 10.7 Å². The summed E-state index contributed by atoms with van der Waals surface area (Å²) in [6, 6.07) is 9.93. The summed E-state index contributed by atoms with van der Waals surface area (Å²) < 4.78 is 25.8. The minimum Gasteiger partial charge on any atom is -0.460 e. The van der Waals surface area contributed by atoms with E-state index in [4.69, 9.17) is 9.15 Å². The summed E-state index contributed by atoms with van der Waals surface area (Å²) in [6.07, 6.45) is 1.71. The van der Waals surface area contributed by atoms with Crippen molar-refractivity contribution in [2.75, 3.05) is 18.5 Å². The number of hydrogen-bond acceptors (Lipinski definition) is 4. The van der Waals surface area contributed by atoms with Crippen molar-refractivity contribution in [2.45, 2.75) is 38.6 Å². The molecule has 1 N–H and O–H groups in total. The summed E-state index contributed by atoms with van der Waals surface area (Å²) in [7, 11) is 0. The van der Waals surface area contributed by atoms with Crippen molar-refractivity contribution in [1.82, 2.24) is 0 Å². The fraction of sp³-hybridized carbons (Fsp3) is 0.348. The molecule has 1 fully saturated rings. The average molecular weight is 460 g/mol. The maximum Gasteiger partial charge on any atom is 0.192 e. The van der Waals surface area contributed by atoms with Gasteiger partial charge in [0.15, 0.2) is 5.43 Å². The van der Waals surface area contributed by atoms with Gasteiger partial charge in [0.2, 0.25) is 0 Å². The molecule has 4 rings (SSSR count). The molecule has 0 amide bonds. The van der Waals surface area contributed by atoms with Crippen LogP contribution in [-0.4, -0.2) is 13.2 Å². The number of nitrogens with one attached hydrogen (secondary N) is 1. The quantitative estimate of drug-likeness (QED) is 0.514. The van der Waals surface area contributed by atoms with Crippen LogP contribution in [0.25, 0.3) is 11.0 Å². The topological polar surface area (TPSA) is 51.5 Å². The van der Waals surface area contributed by atoms with Gasteiger partial charge in [-0.15, -0.1) is 0 Å². The third-order valence-corrected chi connectivity index (χ3v) is 6.07. The molecule has 1 saturated heterocycles. The van der Waals surface area contributed by atoms with E-state index >= 15 is 0 Å². The van der Waals surface area contributed by atoms with Gasteiger partial charge in [-0.1, -0.05) is 6.07 Å². The summed E-state index contributed by atoms with van der Waals surface area (Å²) >= 11 is 3.40. The lowest BCUT2D eigenvalue weighted by Crippen LogP contribution is -2.16. The number of anilines is 1. The second-order valence-corrected chi connectivity index (χ2v) is 8.48. The number of ether oxygens (including phenoxy) is 1. The van der Waals surface area contributed by atoms with Gasteiger partial charge in [0.05, 0.1) is 11.4 Å². The highest BCUT2D eigenvalue weighted by Crippen LogP contribution is 2.33. The minimum atomic E-state index is -0.303. The monoisotopic (exact) mass is 459 g/mol. The highest BCUT2D eigenvalue weighted by Gasteiger charge is 2.22. The average Bonchev–Trinajstić information content (AvgIpc) is 2.70. The van der Waals surface area contributed by atoms with Crippen molar-refractivity contribution in [2.24, 2.45) is 0 Å². The number of benzene rings is 2. The SMILES string of the molecule is Cc1cc(C(C)Nc2ccc(F)cc2Br)c2oc(C3CCOCC3)cc(=O)c2c1. The number of fused-ring (bicyclic) bond motifs is 1. The summed E-state index contributed by atoms with van der Waals surface area (Å²) in [5.41, 5.74) is 3.26. The zero-order chi connectivity index (χ0) is 20.5. The Morgan fingerprint density at radius 1 is 1.17 bits per heavy atom. The highest BCUT2D eigenvalue weighted by atomic mass is 79.9. The summed E-state index contributed by atoms with van der Waals surface area (Å²) in [5, 5.41) is 3.98. The molecule has 3 aromatic rings. The standard InChI is InChI=1S/C23H23BrFNO3/c1-13-9-17(14(2)26-20-4-3-16(25)11-19(20)24)23-18(10-13)21(27)12-22(29-23)15-5-7-28-8-6-15/h3-4,9-12,14-15,26H,5-8H2,1-2H3. The van der Waals surface area contributed by atoms with Crippen LogP contribution in [0, 0.1) is 12.7 Å². The smallest absolute Gasteiger partial charge is 0.192 e. The van der Waals surface area contributed by atoms with Gasteiger partial charge < -0.3 is 14.5 Å². The molecule has 4 nitrogen and oxygen atoms in total. The van der Waals surface area contributed by atoms with E-state index in [0.29, 0.717) is 28.7 Å². The van der Waals surface area contributed by atoms with Crippen LogP contribution in [0.3, 0.4) is 0 Å². The third kappa shape index (κ3) is 4.23. The van der Waals surface area contributed by atoms with Crippen LogP contribution >= 0.6 is 15.9 Å². The first-order valence-electron chi connectivity index (χ1n) is 9.80. The predicted molar refractivity (Wildman–Crippen MR) is 116 cm³/mol. The number of rotatable bonds is 4. The largest absolute Gasteiger partial charge is 0.460 e. The lowest BCUT2D eigenvalue weighted by Gasteiger charge is -2.23. The molecule has 1 atom stereocenters. The van der Waals surface area contributed by atoms with Crippen LogP contribution in [0.4, 0.5) is 10.1 Å². The molecule has 0 bridgehead atoms. The third-order valence-electron chi connectivity index (χ3n) is 5.41. The zero-order valence-corrected chi connectivity index (χ0v) is 18.0. The molecule has 1 aromatic heterocycles. The van der Waals surface area contributed by atoms with Gasteiger partial charge in [-0.2, -0.15) is 0 Å². The van der Waals surface area contributed by atoms with Crippen LogP contribution in [0.15, 0.2) is 50.1 Å². The van der Waals surface area contributed by atoms with Crippen molar-refractivity contribution in [3.8, 4) is 0 Å². The highest BCUT2D eigenvalue weighted by molar-refractivity contribution is 9.10. The van der Waals surface area contributed by atoms with Gasteiger partial charge in [-0.05, 0) is 72.4 Å². The van der Waals surface area contributed by atoms with Crippen LogP contribution in [-0.2, 0) is 4.74 Å². The van der Waals surface area contributed by atoms with E-state index in [-0.39, 0.29) is 23.2 Å². The van der Waals surface area contributed by atoms with Crippen LogP contribution in [0.5, 0.6) is 0 Å². The fourth-order valence-electron chi connectivity index (χ4n) is 3.87. The molecule has 0 aliphatic carbocycles. The predicted octanol–water partition coefficient (Wildman–Crippen LogP) is 6.07. The van der Waals surface area contributed by atoms with Crippen molar-refractivity contribution in [3.63, 3.8) is 0 Å². The normalized spacial score (nSPS) is 16.1. The zero-order valence-electron chi connectivity index (χ0n) is 16.4. The van der Waals surface area contributed by atoms with E-state index in [2.05, 4.69) is 21.2 Å². The lowest BCUT2D eigenvalue weighted by molar-refractivity contribution is 0.0807. The van der Waals surface area contributed by atoms with E-state index in [0.717, 1.165) is 35.4 Å². The molecule has 6 heteroatoms. The molecule has 2 aromatic carbocycles. The molecule has 0 spiro atoms. The Bertz CT molecular complexity index is 1110. The first-order chi connectivity index (χ1) is 13.9.